The molecule has 0 unspecified atom stereocenters. The van der Waals surface area contributed by atoms with E-state index < -0.39 is 0 Å². The molecule has 0 aliphatic carbocycles. The smallest absolute Gasteiger partial charge is 0.251 e. The Morgan fingerprint density at radius 1 is 1.17 bits per heavy atom. The molecule has 0 radical (unpaired) electrons. The van der Waals surface area contributed by atoms with Gasteiger partial charge in [0.05, 0.1) is 0 Å². The summed E-state index contributed by atoms with van der Waals surface area (Å²) >= 11 is 0. The molecule has 0 aliphatic heterocycles. The van der Waals surface area contributed by atoms with Crippen molar-refractivity contribution >= 4 is 5.91 Å². The van der Waals surface area contributed by atoms with E-state index in [2.05, 4.69) is 5.32 Å². The SMILES string of the molecule is Cc1ccc(F)cc1CNC(=O)c1ccc(C)c(OCCN)c1. The molecule has 2 rings (SSSR count). The van der Waals surface area contributed by atoms with Crippen LogP contribution in [-0.2, 0) is 6.54 Å². The first kappa shape index (κ1) is 17.0. The molecular weight excluding hydrogens is 295 g/mol. The van der Waals surface area contributed by atoms with E-state index >= 15 is 0 Å². The lowest BCUT2D eigenvalue weighted by Gasteiger charge is -2.11. The van der Waals surface area contributed by atoms with Gasteiger partial charge >= 0.3 is 0 Å². The zero-order valence-corrected chi connectivity index (χ0v) is 13.4. The second-order valence-corrected chi connectivity index (χ2v) is 5.37. The van der Waals surface area contributed by atoms with Crippen LogP contribution in [0.15, 0.2) is 36.4 Å². The number of aryl methyl sites for hydroxylation is 2. The van der Waals surface area contributed by atoms with Gasteiger partial charge in [-0.25, -0.2) is 4.39 Å². The third-order valence-electron chi connectivity index (χ3n) is 3.58. The van der Waals surface area contributed by atoms with Gasteiger partial charge in [0, 0.05) is 18.7 Å². The summed E-state index contributed by atoms with van der Waals surface area (Å²) in [6, 6.07) is 9.79. The molecular formula is C18H21FN2O2. The number of hydrogen-bond donors (Lipinski definition) is 2. The first-order valence-electron chi connectivity index (χ1n) is 7.48. The van der Waals surface area contributed by atoms with Gasteiger partial charge in [0.2, 0.25) is 0 Å². The molecule has 5 heteroatoms. The van der Waals surface area contributed by atoms with E-state index in [1.807, 2.05) is 19.9 Å². The van der Waals surface area contributed by atoms with E-state index in [0.29, 0.717) is 24.5 Å². The predicted octanol–water partition coefficient (Wildman–Crippen LogP) is 2.71. The molecule has 2 aromatic rings. The van der Waals surface area contributed by atoms with Crippen molar-refractivity contribution in [1.29, 1.82) is 0 Å². The fourth-order valence-corrected chi connectivity index (χ4v) is 2.17. The number of amides is 1. The standard InChI is InChI=1S/C18H21FN2O2/c1-12-4-6-16(19)9-15(12)11-21-18(22)14-5-3-13(2)17(10-14)23-8-7-20/h3-6,9-10H,7-8,11,20H2,1-2H3,(H,21,22). The summed E-state index contributed by atoms with van der Waals surface area (Å²) in [5, 5.41) is 2.80. The molecule has 0 fully saturated rings. The number of nitrogens with one attached hydrogen (secondary N) is 1. The molecule has 0 bridgehead atoms. The maximum atomic E-state index is 13.3. The monoisotopic (exact) mass is 316 g/mol. The Bertz CT molecular complexity index is 701. The first-order chi connectivity index (χ1) is 11.0. The topological polar surface area (TPSA) is 64.3 Å². The zero-order chi connectivity index (χ0) is 16.8. The summed E-state index contributed by atoms with van der Waals surface area (Å²) in [6.07, 6.45) is 0. The Morgan fingerprint density at radius 3 is 2.65 bits per heavy atom. The van der Waals surface area contributed by atoms with Gasteiger partial charge in [-0.05, 0) is 54.8 Å². The van der Waals surface area contributed by atoms with E-state index in [0.717, 1.165) is 16.7 Å². The normalized spacial score (nSPS) is 10.4. The van der Waals surface area contributed by atoms with Crippen LogP contribution in [0.2, 0.25) is 0 Å². The minimum Gasteiger partial charge on any atom is -0.492 e. The van der Waals surface area contributed by atoms with Crippen LogP contribution in [0.3, 0.4) is 0 Å². The highest BCUT2D eigenvalue weighted by molar-refractivity contribution is 5.94. The van der Waals surface area contributed by atoms with Crippen molar-refractivity contribution in [3.63, 3.8) is 0 Å². The van der Waals surface area contributed by atoms with Crippen LogP contribution in [0.25, 0.3) is 0 Å². The summed E-state index contributed by atoms with van der Waals surface area (Å²) in [4.78, 5) is 12.3. The Hall–Kier alpha value is -2.40. The predicted molar refractivity (Wildman–Crippen MR) is 88.0 cm³/mol. The Balaban J connectivity index is 2.07. The lowest BCUT2D eigenvalue weighted by atomic mass is 10.1. The third-order valence-corrected chi connectivity index (χ3v) is 3.58. The van der Waals surface area contributed by atoms with Crippen LogP contribution < -0.4 is 15.8 Å². The third kappa shape index (κ3) is 4.53. The summed E-state index contributed by atoms with van der Waals surface area (Å²) in [5.41, 5.74) is 8.55. The molecule has 4 nitrogen and oxygen atoms in total. The number of carbonyl (C=O) groups is 1. The van der Waals surface area contributed by atoms with Gasteiger partial charge in [-0.2, -0.15) is 0 Å². The van der Waals surface area contributed by atoms with Crippen LogP contribution in [0.5, 0.6) is 5.75 Å². The van der Waals surface area contributed by atoms with Gasteiger partial charge in [-0.1, -0.05) is 12.1 Å². The number of carbonyl (C=O) groups excluding carboxylic acids is 1. The second-order valence-electron chi connectivity index (χ2n) is 5.37. The van der Waals surface area contributed by atoms with E-state index in [1.54, 1.807) is 18.2 Å². The molecule has 1 amide bonds. The summed E-state index contributed by atoms with van der Waals surface area (Å²) < 4.78 is 18.8. The van der Waals surface area contributed by atoms with Crippen molar-refractivity contribution in [2.45, 2.75) is 20.4 Å². The number of rotatable bonds is 6. The van der Waals surface area contributed by atoms with Crippen molar-refractivity contribution in [3.8, 4) is 5.75 Å². The van der Waals surface area contributed by atoms with Crippen molar-refractivity contribution in [2.75, 3.05) is 13.2 Å². The van der Waals surface area contributed by atoms with Gasteiger partial charge in [0.25, 0.3) is 5.91 Å². The molecule has 122 valence electrons. The molecule has 2 aromatic carbocycles. The Morgan fingerprint density at radius 2 is 1.91 bits per heavy atom. The molecule has 23 heavy (non-hydrogen) atoms. The van der Waals surface area contributed by atoms with Crippen LogP contribution >= 0.6 is 0 Å². The van der Waals surface area contributed by atoms with Crippen molar-refractivity contribution in [3.05, 3.63) is 64.5 Å². The number of ether oxygens (including phenoxy) is 1. The number of benzene rings is 2. The second kappa shape index (κ2) is 7.74. The minimum absolute atomic E-state index is 0.230. The van der Waals surface area contributed by atoms with Crippen LogP contribution in [0.4, 0.5) is 4.39 Å². The molecule has 0 heterocycles. The van der Waals surface area contributed by atoms with Gasteiger partial charge in [-0.15, -0.1) is 0 Å². The van der Waals surface area contributed by atoms with Crippen LogP contribution in [0.1, 0.15) is 27.0 Å². The highest BCUT2D eigenvalue weighted by atomic mass is 19.1. The quantitative estimate of drug-likeness (QED) is 0.861. The highest BCUT2D eigenvalue weighted by Gasteiger charge is 2.10. The fourth-order valence-electron chi connectivity index (χ4n) is 2.17. The molecule has 0 atom stereocenters. The Labute approximate surface area is 135 Å². The molecule has 3 N–H and O–H groups in total. The maximum absolute atomic E-state index is 13.3. The summed E-state index contributed by atoms with van der Waals surface area (Å²) in [6.45, 7) is 4.87. The van der Waals surface area contributed by atoms with Crippen molar-refractivity contribution < 1.29 is 13.9 Å². The minimum atomic E-state index is -0.312. The van der Waals surface area contributed by atoms with Crippen LogP contribution in [-0.4, -0.2) is 19.1 Å². The van der Waals surface area contributed by atoms with E-state index in [1.165, 1.54) is 12.1 Å². The zero-order valence-electron chi connectivity index (χ0n) is 13.4. The molecule has 0 aliphatic rings. The Kier molecular flexibility index (Phi) is 5.71. The number of nitrogens with two attached hydrogens (primary N) is 1. The van der Waals surface area contributed by atoms with Crippen molar-refractivity contribution in [2.24, 2.45) is 5.73 Å². The van der Waals surface area contributed by atoms with E-state index in [9.17, 15) is 9.18 Å². The number of halogens is 1. The molecule has 0 aromatic heterocycles. The van der Waals surface area contributed by atoms with Gasteiger partial charge in [0.1, 0.15) is 18.2 Å². The van der Waals surface area contributed by atoms with E-state index in [4.69, 9.17) is 10.5 Å². The number of hydrogen-bond acceptors (Lipinski definition) is 3. The molecule has 0 saturated heterocycles. The highest BCUT2D eigenvalue weighted by Crippen LogP contribution is 2.19. The van der Waals surface area contributed by atoms with Crippen molar-refractivity contribution in [1.82, 2.24) is 5.32 Å². The maximum Gasteiger partial charge on any atom is 0.251 e. The lowest BCUT2D eigenvalue weighted by Crippen LogP contribution is -2.23. The average molecular weight is 316 g/mol. The summed E-state index contributed by atoms with van der Waals surface area (Å²) in [7, 11) is 0. The lowest BCUT2D eigenvalue weighted by molar-refractivity contribution is 0.0950. The molecule has 0 spiro atoms. The van der Waals surface area contributed by atoms with Gasteiger partial charge in [0.15, 0.2) is 0 Å². The van der Waals surface area contributed by atoms with Gasteiger partial charge < -0.3 is 15.8 Å². The fraction of sp³-hybridized carbons (Fsp3) is 0.278. The average Bonchev–Trinajstić information content (AvgIpc) is 2.54. The van der Waals surface area contributed by atoms with E-state index in [-0.39, 0.29) is 18.3 Å². The van der Waals surface area contributed by atoms with Crippen LogP contribution in [0, 0.1) is 19.7 Å². The summed E-state index contributed by atoms with van der Waals surface area (Å²) in [5.74, 6) is 0.101. The first-order valence-corrected chi connectivity index (χ1v) is 7.48. The molecule has 0 saturated carbocycles. The largest absolute Gasteiger partial charge is 0.492 e. The van der Waals surface area contributed by atoms with Gasteiger partial charge in [-0.3, -0.25) is 4.79 Å².